The molecule has 25 heteroatoms. The number of nitro benzene ring substituents is 2. The van der Waals surface area contributed by atoms with Gasteiger partial charge in [-0.05, 0) is 99.5 Å². The number of rotatable bonds is 28. The number of nitro groups is 2. The second kappa shape index (κ2) is 29.1. The van der Waals surface area contributed by atoms with Gasteiger partial charge in [0.2, 0.25) is 29.4 Å². The van der Waals surface area contributed by atoms with E-state index in [9.17, 15) is 49.0 Å². The Morgan fingerprint density at radius 3 is 1.73 bits per heavy atom. The molecular formula is C46H55Cl3N10O12. The number of carbonyl (C=O) groups is 6. The van der Waals surface area contributed by atoms with Crippen molar-refractivity contribution < 1.29 is 48.1 Å². The van der Waals surface area contributed by atoms with E-state index < -0.39 is 94.5 Å². The summed E-state index contributed by atoms with van der Waals surface area (Å²) in [4.78, 5) is 111. The van der Waals surface area contributed by atoms with Crippen LogP contribution in [-0.2, 0) is 44.0 Å². The monoisotopic (exact) mass is 1040 g/mol. The van der Waals surface area contributed by atoms with Crippen molar-refractivity contribution in [3.8, 4) is 0 Å². The molecule has 4 rings (SSSR count). The lowest BCUT2D eigenvalue weighted by Crippen LogP contribution is -2.53. The Bertz CT molecular complexity index is 2540. The van der Waals surface area contributed by atoms with E-state index >= 15 is 0 Å². The first kappa shape index (κ1) is 58.1. The lowest BCUT2D eigenvalue weighted by Gasteiger charge is -2.34. The summed E-state index contributed by atoms with van der Waals surface area (Å²) >= 11 is 12.2. The summed E-state index contributed by atoms with van der Waals surface area (Å²) in [5.74, 6) is -3.75. The van der Waals surface area contributed by atoms with Crippen LogP contribution in [-0.4, -0.2) is 88.2 Å². The Hall–Kier alpha value is -7.17. The molecular weight excluding hydrogens is 991 g/mol. The molecule has 2 aromatic heterocycles. The van der Waals surface area contributed by atoms with Gasteiger partial charge in [0.25, 0.3) is 11.4 Å². The largest absolute Gasteiger partial charge is 0.466 e. The number of esters is 2. The minimum Gasteiger partial charge on any atom is -0.466 e. The Labute approximate surface area is 424 Å². The Kier molecular flexibility index (Phi) is 23.8. The summed E-state index contributed by atoms with van der Waals surface area (Å²) in [6.45, 7) is 4.94. The summed E-state index contributed by atoms with van der Waals surface area (Å²) < 4.78 is 11.0. The van der Waals surface area contributed by atoms with E-state index in [1.807, 2.05) is 38.1 Å². The molecule has 4 amide bonds. The number of nitrogens with one attached hydrogen (secondary N) is 6. The summed E-state index contributed by atoms with van der Waals surface area (Å²) in [6.07, 6.45) is 3.70. The van der Waals surface area contributed by atoms with Crippen molar-refractivity contribution in [2.24, 2.45) is 0 Å². The molecule has 0 radical (unpaired) electrons. The van der Waals surface area contributed by atoms with Gasteiger partial charge in [0.15, 0.2) is 0 Å². The van der Waals surface area contributed by atoms with Crippen LogP contribution >= 0.6 is 35.6 Å². The molecule has 2 aromatic carbocycles. The number of hydrogen-bond acceptors (Lipinski definition) is 16. The van der Waals surface area contributed by atoms with E-state index in [1.165, 1.54) is 13.0 Å². The predicted molar refractivity (Wildman–Crippen MR) is 265 cm³/mol. The fourth-order valence-electron chi connectivity index (χ4n) is 6.77. The Morgan fingerprint density at radius 1 is 0.690 bits per heavy atom. The zero-order chi connectivity index (χ0) is 51.2. The van der Waals surface area contributed by atoms with Crippen LogP contribution in [0.25, 0.3) is 0 Å². The number of pyridine rings is 2. The first-order valence-electron chi connectivity index (χ1n) is 22.1. The molecule has 22 nitrogen and oxygen atoms in total. The molecule has 2 heterocycles. The van der Waals surface area contributed by atoms with Gasteiger partial charge in [0.05, 0.1) is 42.0 Å². The lowest BCUT2D eigenvalue weighted by molar-refractivity contribution is -0.385. The number of nitrogens with zero attached hydrogens (tertiary/aromatic N) is 4. The van der Waals surface area contributed by atoms with Crippen LogP contribution in [0.5, 0.6) is 0 Å². The lowest BCUT2D eigenvalue weighted by atomic mass is 9.97. The highest BCUT2D eigenvalue weighted by atomic mass is 35.5. The molecule has 0 aliphatic heterocycles. The fourth-order valence-corrected chi connectivity index (χ4v) is 7.14. The predicted octanol–water partition coefficient (Wildman–Crippen LogP) is 6.45. The van der Waals surface area contributed by atoms with Gasteiger partial charge in [-0.25, -0.2) is 9.97 Å². The minimum atomic E-state index is -2.59. The Morgan fingerprint density at radius 2 is 1.21 bits per heavy atom. The molecule has 4 aromatic rings. The van der Waals surface area contributed by atoms with E-state index in [-0.39, 0.29) is 53.0 Å². The number of unbranched alkanes of at least 4 members (excludes halogenated alkanes) is 2. The van der Waals surface area contributed by atoms with Crippen molar-refractivity contribution >= 4 is 94.2 Å². The molecule has 382 valence electrons. The smallest absolute Gasteiger partial charge is 0.312 e. The fraction of sp³-hybridized carbons (Fsp3) is 0.391. The minimum absolute atomic E-state index is 0. The van der Waals surface area contributed by atoms with Crippen LogP contribution in [0.2, 0.25) is 10.0 Å². The number of anilines is 2. The third kappa shape index (κ3) is 19.6. The van der Waals surface area contributed by atoms with Gasteiger partial charge in [-0.2, -0.15) is 0 Å². The van der Waals surface area contributed by atoms with Gasteiger partial charge in [-0.3, -0.25) is 49.0 Å². The normalized spacial score (nSPS) is 11.8. The molecule has 2 unspecified atom stereocenters. The van der Waals surface area contributed by atoms with E-state index in [0.717, 1.165) is 41.5 Å². The van der Waals surface area contributed by atoms with Gasteiger partial charge >= 0.3 is 11.9 Å². The van der Waals surface area contributed by atoms with Crippen molar-refractivity contribution in [2.75, 3.05) is 43.4 Å². The van der Waals surface area contributed by atoms with Gasteiger partial charge < -0.3 is 41.4 Å². The highest BCUT2D eigenvalue weighted by Crippen LogP contribution is 2.36. The van der Waals surface area contributed by atoms with Gasteiger partial charge in [-0.15, -0.1) is 12.4 Å². The van der Waals surface area contributed by atoms with Crippen LogP contribution < -0.4 is 31.9 Å². The number of carbonyl (C=O) groups excluding carboxylic acids is 6. The SMILES string of the molecule is CCOC(=O)CC(NC(=O)CNC(=O)CCCCNc1cc(C)ccn1)(OC(=O)CC(NC(=O)CNC(=O)CCCCNc1cc(C)ccn1)c1ccc(Cl)c([N+](=O)[O-])c1)c1ccc(Cl)c([N+](=O)[O-])c1.Cl. The van der Waals surface area contributed by atoms with Crippen molar-refractivity contribution in [1.29, 1.82) is 0 Å². The first-order valence-corrected chi connectivity index (χ1v) is 22.9. The number of ether oxygens (including phenoxy) is 2. The molecule has 0 saturated carbocycles. The summed E-state index contributed by atoms with van der Waals surface area (Å²) in [5, 5.41) is 39.6. The number of amides is 4. The van der Waals surface area contributed by atoms with E-state index in [1.54, 1.807) is 12.4 Å². The van der Waals surface area contributed by atoms with Crippen molar-refractivity contribution in [3.05, 3.63) is 126 Å². The summed E-state index contributed by atoms with van der Waals surface area (Å²) in [5.41, 5.74) is -2.16. The molecule has 0 bridgehead atoms. The average Bonchev–Trinajstić information content (AvgIpc) is 3.30. The second-order valence-corrected chi connectivity index (χ2v) is 16.6. The number of hydrogen-bond donors (Lipinski definition) is 6. The van der Waals surface area contributed by atoms with Crippen LogP contribution in [0.1, 0.15) is 86.6 Å². The third-order valence-electron chi connectivity index (χ3n) is 10.2. The molecule has 0 aliphatic rings. The van der Waals surface area contributed by atoms with E-state index in [2.05, 4.69) is 41.9 Å². The molecule has 0 saturated heterocycles. The highest BCUT2D eigenvalue weighted by Gasteiger charge is 2.43. The van der Waals surface area contributed by atoms with E-state index in [4.69, 9.17) is 32.7 Å². The Balaban J connectivity index is 0.0000133. The maximum atomic E-state index is 14.2. The second-order valence-electron chi connectivity index (χ2n) is 15.8. The number of aromatic nitrogens is 2. The summed E-state index contributed by atoms with van der Waals surface area (Å²) in [6, 6.07) is 12.6. The molecule has 2 atom stereocenters. The standard InChI is InChI=1S/C46H54Cl2N10O12.ClH/c1-4-69-45(64)26-46(32-12-14-34(48)37(24-32)58(67)68,56-43(62)28-54-41(60)10-6-8-18-50-39-22-30(3)16-20-52-39)70-44(63)25-35(31-11-13-33(47)36(23-31)57(65)66)55-42(61)27-53-40(59)9-5-7-17-49-38-21-29(2)15-19-51-38;/h11-16,19-24,35H,4-10,17-18,25-28H2,1-3H3,(H,49,51)(H,50,52)(H,53,59)(H,54,60)(H,55,61)(H,56,62);1H. The van der Waals surface area contributed by atoms with E-state index in [0.29, 0.717) is 50.4 Å². The quantitative estimate of drug-likeness (QED) is 0.0117. The van der Waals surface area contributed by atoms with Gasteiger partial charge in [0, 0.05) is 56.0 Å². The van der Waals surface area contributed by atoms with Gasteiger partial charge in [0.1, 0.15) is 28.1 Å². The zero-order valence-electron chi connectivity index (χ0n) is 39.0. The number of halogens is 3. The van der Waals surface area contributed by atoms with Crippen LogP contribution in [0.3, 0.4) is 0 Å². The van der Waals surface area contributed by atoms with Gasteiger partial charge in [-0.1, -0.05) is 35.3 Å². The zero-order valence-corrected chi connectivity index (χ0v) is 41.4. The summed E-state index contributed by atoms with van der Waals surface area (Å²) in [7, 11) is 0. The van der Waals surface area contributed by atoms with Crippen LogP contribution in [0, 0.1) is 34.1 Å². The van der Waals surface area contributed by atoms with Crippen molar-refractivity contribution in [2.45, 2.75) is 83.9 Å². The topological polar surface area (TPSA) is 305 Å². The first-order chi connectivity index (χ1) is 33.4. The molecule has 0 fully saturated rings. The average molecular weight is 1050 g/mol. The van der Waals surface area contributed by atoms with Crippen molar-refractivity contribution in [1.82, 2.24) is 31.2 Å². The maximum Gasteiger partial charge on any atom is 0.312 e. The number of aryl methyl sites for hydroxylation is 2. The molecule has 71 heavy (non-hydrogen) atoms. The van der Waals surface area contributed by atoms with Crippen LogP contribution in [0.15, 0.2) is 73.1 Å². The van der Waals surface area contributed by atoms with Crippen molar-refractivity contribution in [3.63, 3.8) is 0 Å². The maximum absolute atomic E-state index is 14.2. The molecule has 6 N–H and O–H groups in total. The van der Waals surface area contributed by atoms with Crippen LogP contribution in [0.4, 0.5) is 23.0 Å². The molecule has 0 aliphatic carbocycles. The highest BCUT2D eigenvalue weighted by molar-refractivity contribution is 6.33. The number of benzene rings is 2. The third-order valence-corrected chi connectivity index (χ3v) is 10.8. The molecule has 0 spiro atoms.